The first-order valence-corrected chi connectivity index (χ1v) is 5.93. The van der Waals surface area contributed by atoms with Crippen LogP contribution in [0.2, 0.25) is 5.02 Å². The number of nitrogens with one attached hydrogen (secondary N) is 1. The van der Waals surface area contributed by atoms with E-state index in [0.717, 1.165) is 0 Å². The van der Waals surface area contributed by atoms with E-state index in [1.54, 1.807) is 30.3 Å². The Morgan fingerprint density at radius 3 is 2.74 bits per heavy atom. The van der Waals surface area contributed by atoms with Gasteiger partial charge in [0.15, 0.2) is 11.5 Å². The summed E-state index contributed by atoms with van der Waals surface area (Å²) < 4.78 is 0. The summed E-state index contributed by atoms with van der Waals surface area (Å²) in [6.07, 6.45) is 0. The number of aromatic hydroxyl groups is 2. The van der Waals surface area contributed by atoms with E-state index >= 15 is 0 Å². The van der Waals surface area contributed by atoms with E-state index in [1.807, 2.05) is 6.07 Å². The summed E-state index contributed by atoms with van der Waals surface area (Å²) >= 11 is 5.84. The van der Waals surface area contributed by atoms with Gasteiger partial charge in [-0.1, -0.05) is 23.7 Å². The van der Waals surface area contributed by atoms with E-state index in [1.165, 1.54) is 6.07 Å². The van der Waals surface area contributed by atoms with E-state index in [-0.39, 0.29) is 11.5 Å². The number of hydrogen-bond donors (Lipinski definition) is 3. The molecule has 0 saturated heterocycles. The Kier molecular flexibility index (Phi) is 3.79. The van der Waals surface area contributed by atoms with Gasteiger partial charge in [-0.25, -0.2) is 0 Å². The topological polar surface area (TPSA) is 76.3 Å². The van der Waals surface area contributed by atoms with Crippen LogP contribution in [0.25, 0.3) is 0 Å². The molecular formula is C14H11ClN2O2. The van der Waals surface area contributed by atoms with E-state index in [4.69, 9.17) is 16.9 Å². The first-order chi connectivity index (χ1) is 9.11. The maximum absolute atomic E-state index is 9.66. The zero-order chi connectivity index (χ0) is 13.8. The summed E-state index contributed by atoms with van der Waals surface area (Å²) in [6, 6.07) is 11.7. The Labute approximate surface area is 115 Å². The van der Waals surface area contributed by atoms with Gasteiger partial charge in [-0.3, -0.25) is 0 Å². The van der Waals surface area contributed by atoms with Gasteiger partial charge in [-0.2, -0.15) is 5.26 Å². The number of nitriles is 1. The van der Waals surface area contributed by atoms with Crippen LogP contribution in [0.4, 0.5) is 5.69 Å². The van der Waals surface area contributed by atoms with Gasteiger partial charge in [-0.15, -0.1) is 0 Å². The molecule has 0 aliphatic rings. The zero-order valence-electron chi connectivity index (χ0n) is 9.89. The van der Waals surface area contributed by atoms with E-state index in [2.05, 4.69) is 5.32 Å². The van der Waals surface area contributed by atoms with E-state index in [9.17, 15) is 10.2 Å². The summed E-state index contributed by atoms with van der Waals surface area (Å²) in [5, 5.41) is 31.4. The molecule has 3 N–H and O–H groups in total. The second-order valence-corrected chi connectivity index (χ2v) is 4.35. The lowest BCUT2D eigenvalue weighted by Gasteiger charge is -2.09. The molecule has 2 rings (SSSR count). The number of halogens is 1. The van der Waals surface area contributed by atoms with Crippen molar-refractivity contribution >= 4 is 17.3 Å². The van der Waals surface area contributed by atoms with Crippen molar-refractivity contribution in [3.05, 3.63) is 52.5 Å². The van der Waals surface area contributed by atoms with Gasteiger partial charge in [0.1, 0.15) is 6.07 Å². The number of rotatable bonds is 3. The minimum atomic E-state index is -0.159. The SMILES string of the molecule is N#Cc1cc(NCc2cccc(O)c2O)ccc1Cl. The van der Waals surface area contributed by atoms with Gasteiger partial charge in [0.05, 0.1) is 10.6 Å². The number of phenolic OH excluding ortho intramolecular Hbond substituents is 2. The smallest absolute Gasteiger partial charge is 0.162 e. The normalized spacial score (nSPS) is 9.89. The zero-order valence-corrected chi connectivity index (χ0v) is 10.6. The highest BCUT2D eigenvalue weighted by Crippen LogP contribution is 2.29. The molecule has 0 atom stereocenters. The highest BCUT2D eigenvalue weighted by Gasteiger charge is 2.06. The maximum Gasteiger partial charge on any atom is 0.162 e. The quantitative estimate of drug-likeness (QED) is 0.751. The van der Waals surface area contributed by atoms with Crippen molar-refractivity contribution in [2.75, 3.05) is 5.32 Å². The molecule has 0 aliphatic heterocycles. The molecule has 0 radical (unpaired) electrons. The van der Waals surface area contributed by atoms with E-state index in [0.29, 0.717) is 28.4 Å². The number of hydrogen-bond acceptors (Lipinski definition) is 4. The molecule has 4 nitrogen and oxygen atoms in total. The molecule has 19 heavy (non-hydrogen) atoms. The summed E-state index contributed by atoms with van der Waals surface area (Å²) in [6.45, 7) is 0.326. The molecule has 2 aromatic carbocycles. The van der Waals surface area contributed by atoms with Crippen molar-refractivity contribution in [3.8, 4) is 17.6 Å². The first-order valence-electron chi connectivity index (χ1n) is 5.55. The largest absolute Gasteiger partial charge is 0.504 e. The number of nitrogens with zero attached hydrogens (tertiary/aromatic N) is 1. The van der Waals surface area contributed by atoms with Crippen LogP contribution in [0.1, 0.15) is 11.1 Å². The fourth-order valence-electron chi connectivity index (χ4n) is 1.64. The van der Waals surface area contributed by atoms with Crippen molar-refractivity contribution in [1.29, 1.82) is 5.26 Å². The molecule has 5 heteroatoms. The lowest BCUT2D eigenvalue weighted by atomic mass is 10.1. The standard InChI is InChI=1S/C14H11ClN2O2/c15-12-5-4-11(6-10(12)7-16)17-8-9-2-1-3-13(18)14(9)19/h1-6,17-19H,8H2. The molecule has 0 bridgehead atoms. The molecule has 2 aromatic rings. The van der Waals surface area contributed by atoms with Crippen molar-refractivity contribution in [1.82, 2.24) is 0 Å². The fourth-order valence-corrected chi connectivity index (χ4v) is 1.80. The third-order valence-corrected chi connectivity index (χ3v) is 3.00. The maximum atomic E-state index is 9.66. The molecule has 0 spiro atoms. The van der Waals surface area contributed by atoms with Crippen molar-refractivity contribution in [3.63, 3.8) is 0 Å². The molecule has 0 aromatic heterocycles. The Balaban J connectivity index is 2.15. The number of phenols is 2. The fraction of sp³-hybridized carbons (Fsp3) is 0.0714. The molecule has 0 unspecified atom stereocenters. The number of para-hydroxylation sites is 1. The van der Waals surface area contributed by atoms with Crippen LogP contribution in [0.15, 0.2) is 36.4 Å². The molecule has 96 valence electrons. The van der Waals surface area contributed by atoms with Gasteiger partial charge in [0, 0.05) is 17.8 Å². The summed E-state index contributed by atoms with van der Waals surface area (Å²) in [5.41, 5.74) is 1.66. The highest BCUT2D eigenvalue weighted by molar-refractivity contribution is 6.31. The van der Waals surface area contributed by atoms with Crippen LogP contribution >= 0.6 is 11.6 Å². The van der Waals surface area contributed by atoms with Gasteiger partial charge < -0.3 is 15.5 Å². The van der Waals surface area contributed by atoms with Crippen LogP contribution in [-0.4, -0.2) is 10.2 Å². The van der Waals surface area contributed by atoms with Crippen LogP contribution in [0, 0.1) is 11.3 Å². The monoisotopic (exact) mass is 274 g/mol. The Morgan fingerprint density at radius 1 is 1.21 bits per heavy atom. The molecule has 0 saturated carbocycles. The summed E-state index contributed by atoms with van der Waals surface area (Å²) in [4.78, 5) is 0. The van der Waals surface area contributed by atoms with Crippen molar-refractivity contribution in [2.45, 2.75) is 6.54 Å². The predicted molar refractivity (Wildman–Crippen MR) is 73.3 cm³/mol. The lowest BCUT2D eigenvalue weighted by Crippen LogP contribution is -2.00. The Morgan fingerprint density at radius 2 is 2.00 bits per heavy atom. The second kappa shape index (κ2) is 5.51. The van der Waals surface area contributed by atoms with Crippen LogP contribution < -0.4 is 5.32 Å². The number of benzene rings is 2. The van der Waals surface area contributed by atoms with Crippen LogP contribution in [0.3, 0.4) is 0 Å². The predicted octanol–water partition coefficient (Wildman–Crippen LogP) is 3.23. The van der Waals surface area contributed by atoms with Crippen molar-refractivity contribution < 1.29 is 10.2 Å². The summed E-state index contributed by atoms with van der Waals surface area (Å²) in [5.74, 6) is -0.308. The van der Waals surface area contributed by atoms with Crippen LogP contribution in [-0.2, 0) is 6.54 Å². The minimum Gasteiger partial charge on any atom is -0.504 e. The average molecular weight is 275 g/mol. The Hall–Kier alpha value is -2.38. The third-order valence-electron chi connectivity index (χ3n) is 2.67. The van der Waals surface area contributed by atoms with Gasteiger partial charge in [0.25, 0.3) is 0 Å². The highest BCUT2D eigenvalue weighted by atomic mass is 35.5. The van der Waals surface area contributed by atoms with Gasteiger partial charge in [-0.05, 0) is 24.3 Å². The molecule has 0 heterocycles. The third kappa shape index (κ3) is 2.90. The average Bonchev–Trinajstić information content (AvgIpc) is 2.42. The molecule has 0 amide bonds. The first kappa shape index (κ1) is 13.1. The molecule has 0 fully saturated rings. The summed E-state index contributed by atoms with van der Waals surface area (Å²) in [7, 11) is 0. The van der Waals surface area contributed by atoms with Crippen LogP contribution in [0.5, 0.6) is 11.5 Å². The minimum absolute atomic E-state index is 0.149. The Bertz CT molecular complexity index is 650. The van der Waals surface area contributed by atoms with E-state index < -0.39 is 0 Å². The number of anilines is 1. The second-order valence-electron chi connectivity index (χ2n) is 3.94. The van der Waals surface area contributed by atoms with Gasteiger partial charge in [0.2, 0.25) is 0 Å². The molecule has 0 aliphatic carbocycles. The van der Waals surface area contributed by atoms with Gasteiger partial charge >= 0.3 is 0 Å². The van der Waals surface area contributed by atoms with Crippen molar-refractivity contribution in [2.24, 2.45) is 0 Å². The molecular weight excluding hydrogens is 264 g/mol. The lowest BCUT2D eigenvalue weighted by molar-refractivity contribution is 0.400.